The first-order chi connectivity index (χ1) is 21.3. The van der Waals surface area contributed by atoms with Crippen LogP contribution in [0.4, 0.5) is 0 Å². The Morgan fingerprint density at radius 1 is 0.750 bits per heavy atom. The summed E-state index contributed by atoms with van der Waals surface area (Å²) in [5.74, 6) is -0.848. The number of carbonyl (C=O) groups is 4. The summed E-state index contributed by atoms with van der Waals surface area (Å²) in [5.41, 5.74) is 0.988. The van der Waals surface area contributed by atoms with E-state index in [1.54, 1.807) is 20.8 Å². The van der Waals surface area contributed by atoms with Crippen LogP contribution in [0, 0.1) is 0 Å². The predicted octanol–water partition coefficient (Wildman–Crippen LogP) is 1.08. The molecule has 0 bridgehead atoms. The molecular weight excluding hydrogens is 566 g/mol. The van der Waals surface area contributed by atoms with Gasteiger partial charge in [0.15, 0.2) is 0 Å². The zero-order valence-corrected chi connectivity index (χ0v) is 26.9. The van der Waals surface area contributed by atoms with E-state index in [1.165, 1.54) is 0 Å². The van der Waals surface area contributed by atoms with Crippen molar-refractivity contribution in [1.82, 2.24) is 25.3 Å². The van der Waals surface area contributed by atoms with Crippen molar-refractivity contribution in [1.29, 1.82) is 0 Å². The molecule has 2 rings (SSSR count). The Balaban J connectivity index is 2.03. The van der Waals surface area contributed by atoms with Crippen LogP contribution in [-0.2, 0) is 39.8 Å². The highest BCUT2D eigenvalue weighted by molar-refractivity contribution is 5.78. The number of rotatable bonds is 16. The summed E-state index contributed by atoms with van der Waals surface area (Å²) in [6.45, 7) is 11.5. The van der Waals surface area contributed by atoms with E-state index in [2.05, 4.69) is 15.5 Å². The number of hydrogen-bond acceptors (Lipinski definition) is 11. The third-order valence-corrected chi connectivity index (χ3v) is 7.29. The van der Waals surface area contributed by atoms with Gasteiger partial charge in [-0.25, -0.2) is 0 Å². The summed E-state index contributed by atoms with van der Waals surface area (Å²) in [5, 5.41) is 6.65. The van der Waals surface area contributed by atoms with Crippen molar-refractivity contribution in [3.63, 3.8) is 0 Å². The summed E-state index contributed by atoms with van der Waals surface area (Å²) < 4.78 is 15.6. The molecule has 12 heteroatoms. The van der Waals surface area contributed by atoms with Gasteiger partial charge in [0.1, 0.15) is 0 Å². The molecule has 1 heterocycles. The van der Waals surface area contributed by atoms with Crippen molar-refractivity contribution in [3.8, 4) is 0 Å². The number of nitrogens with one attached hydrogen (secondary N) is 2. The summed E-state index contributed by atoms with van der Waals surface area (Å²) in [4.78, 5) is 55.6. The maximum absolute atomic E-state index is 12.5. The number of esters is 3. The van der Waals surface area contributed by atoms with E-state index in [1.807, 2.05) is 40.1 Å². The van der Waals surface area contributed by atoms with E-state index >= 15 is 0 Å². The smallest absolute Gasteiger partial charge is 0.320 e. The number of nitrogens with zero attached hydrogens (tertiary/aromatic N) is 3. The molecule has 2 N–H and O–H groups in total. The van der Waals surface area contributed by atoms with Crippen LogP contribution in [0.5, 0.6) is 0 Å². The molecule has 0 radical (unpaired) electrons. The Labute approximate surface area is 262 Å². The third-order valence-electron chi connectivity index (χ3n) is 7.29. The minimum Gasteiger partial charge on any atom is -0.465 e. The molecule has 1 aliphatic rings. The Morgan fingerprint density at radius 3 is 1.84 bits per heavy atom. The molecule has 0 aliphatic carbocycles. The van der Waals surface area contributed by atoms with Crippen molar-refractivity contribution < 1.29 is 33.4 Å². The minimum atomic E-state index is -0.302. The van der Waals surface area contributed by atoms with Gasteiger partial charge in [0.2, 0.25) is 5.91 Å². The Bertz CT molecular complexity index is 981. The molecular formula is C32H53N5O7. The highest BCUT2D eigenvalue weighted by Gasteiger charge is 2.22. The molecule has 0 spiro atoms. The standard InChI is InChI=1S/C32H53N5O7/c1-4-42-30(39)24-35-17-16-33-28(14-10-11-15-34-29(38)22-27-12-8-7-9-13-27)23-37(26-32(41)44-6-3)21-20-36(19-18-35)25-31(40)43-5-2/h7-9,12-13,28,33H,4-6,10-11,14-26H2,1-3H3,(H,34,38). The zero-order valence-electron chi connectivity index (χ0n) is 26.9. The maximum atomic E-state index is 12.5. The normalized spacial score (nSPS) is 17.6. The highest BCUT2D eigenvalue weighted by atomic mass is 16.5. The lowest BCUT2D eigenvalue weighted by atomic mass is 10.1. The lowest BCUT2D eigenvalue weighted by Gasteiger charge is -2.33. The van der Waals surface area contributed by atoms with E-state index in [-0.39, 0.29) is 49.5 Å². The molecule has 1 unspecified atom stereocenters. The van der Waals surface area contributed by atoms with Crippen molar-refractivity contribution in [3.05, 3.63) is 35.9 Å². The van der Waals surface area contributed by atoms with E-state index in [4.69, 9.17) is 14.2 Å². The number of ether oxygens (including phenoxy) is 3. The average Bonchev–Trinajstić information content (AvgIpc) is 2.98. The lowest BCUT2D eigenvalue weighted by Crippen LogP contribution is -2.50. The molecule has 1 aliphatic heterocycles. The van der Waals surface area contributed by atoms with Crippen LogP contribution < -0.4 is 10.6 Å². The second-order valence-corrected chi connectivity index (χ2v) is 10.9. The SMILES string of the molecule is CCOC(=O)CN1CCNC(CCCCNC(=O)Cc2ccccc2)CN(CC(=O)OCC)CCN(CC(=O)OCC)CC1. The molecule has 0 saturated carbocycles. The summed E-state index contributed by atoms with van der Waals surface area (Å²) in [6.07, 6.45) is 2.93. The topological polar surface area (TPSA) is 130 Å². The average molecular weight is 620 g/mol. The predicted molar refractivity (Wildman–Crippen MR) is 168 cm³/mol. The molecule has 1 amide bonds. The number of unbranched alkanes of at least 4 members (excludes halogenated alkanes) is 1. The summed E-state index contributed by atoms with van der Waals surface area (Å²) >= 11 is 0. The van der Waals surface area contributed by atoms with E-state index in [0.29, 0.717) is 78.6 Å². The Kier molecular flexibility index (Phi) is 18.9. The van der Waals surface area contributed by atoms with Crippen LogP contribution in [0.15, 0.2) is 30.3 Å². The Hall–Kier alpha value is -3.06. The van der Waals surface area contributed by atoms with Gasteiger partial charge in [0.05, 0.1) is 45.9 Å². The van der Waals surface area contributed by atoms with Crippen LogP contribution >= 0.6 is 0 Å². The Morgan fingerprint density at radius 2 is 1.27 bits per heavy atom. The third kappa shape index (κ3) is 16.7. The molecule has 1 fully saturated rings. The summed E-state index contributed by atoms with van der Waals surface area (Å²) in [7, 11) is 0. The van der Waals surface area contributed by atoms with Gasteiger partial charge in [-0.15, -0.1) is 0 Å². The van der Waals surface area contributed by atoms with Crippen molar-refractivity contribution in [2.45, 2.75) is 52.5 Å². The molecule has 248 valence electrons. The van der Waals surface area contributed by atoms with Gasteiger partial charge in [0, 0.05) is 58.4 Å². The fraction of sp³-hybridized carbons (Fsp3) is 0.688. The number of hydrogen-bond donors (Lipinski definition) is 2. The monoisotopic (exact) mass is 619 g/mol. The van der Waals surface area contributed by atoms with Gasteiger partial charge in [-0.3, -0.25) is 33.9 Å². The molecule has 1 saturated heterocycles. The molecule has 1 aromatic rings. The van der Waals surface area contributed by atoms with Crippen LogP contribution in [0.25, 0.3) is 0 Å². The maximum Gasteiger partial charge on any atom is 0.320 e. The van der Waals surface area contributed by atoms with Crippen molar-refractivity contribution in [2.75, 3.05) is 91.8 Å². The second kappa shape index (κ2) is 22.4. The van der Waals surface area contributed by atoms with Gasteiger partial charge in [-0.1, -0.05) is 36.8 Å². The number of benzene rings is 1. The van der Waals surface area contributed by atoms with Crippen LogP contribution in [0.3, 0.4) is 0 Å². The summed E-state index contributed by atoms with van der Waals surface area (Å²) in [6, 6.07) is 9.76. The van der Waals surface area contributed by atoms with E-state index in [9.17, 15) is 19.2 Å². The molecule has 44 heavy (non-hydrogen) atoms. The van der Waals surface area contributed by atoms with Crippen LogP contribution in [0.2, 0.25) is 0 Å². The molecule has 1 aromatic carbocycles. The van der Waals surface area contributed by atoms with Gasteiger partial charge in [-0.05, 0) is 39.2 Å². The van der Waals surface area contributed by atoms with E-state index in [0.717, 1.165) is 24.8 Å². The van der Waals surface area contributed by atoms with Crippen LogP contribution in [0.1, 0.15) is 45.6 Å². The lowest BCUT2D eigenvalue weighted by molar-refractivity contribution is -0.146. The fourth-order valence-electron chi connectivity index (χ4n) is 5.09. The highest BCUT2D eigenvalue weighted by Crippen LogP contribution is 2.07. The second-order valence-electron chi connectivity index (χ2n) is 10.9. The number of carbonyl (C=O) groups excluding carboxylic acids is 4. The van der Waals surface area contributed by atoms with Crippen LogP contribution in [-0.4, -0.2) is 136 Å². The quantitative estimate of drug-likeness (QED) is 0.157. The first kappa shape index (κ1) is 37.1. The van der Waals surface area contributed by atoms with Gasteiger partial charge < -0.3 is 24.8 Å². The first-order valence-electron chi connectivity index (χ1n) is 16.0. The first-order valence-corrected chi connectivity index (χ1v) is 16.0. The van der Waals surface area contributed by atoms with Gasteiger partial charge in [-0.2, -0.15) is 0 Å². The molecule has 12 nitrogen and oxygen atoms in total. The van der Waals surface area contributed by atoms with Crippen molar-refractivity contribution in [2.24, 2.45) is 0 Å². The van der Waals surface area contributed by atoms with Crippen molar-refractivity contribution >= 4 is 23.8 Å². The molecule has 1 atom stereocenters. The fourth-order valence-corrected chi connectivity index (χ4v) is 5.09. The minimum absolute atomic E-state index is 0.00927. The molecule has 0 aromatic heterocycles. The number of amides is 1. The zero-order chi connectivity index (χ0) is 32.0. The largest absolute Gasteiger partial charge is 0.465 e. The van der Waals surface area contributed by atoms with Gasteiger partial charge in [0.25, 0.3) is 0 Å². The van der Waals surface area contributed by atoms with Gasteiger partial charge >= 0.3 is 17.9 Å². The van der Waals surface area contributed by atoms with E-state index < -0.39 is 0 Å².